The summed E-state index contributed by atoms with van der Waals surface area (Å²) < 4.78 is 0. The molecule has 0 saturated carbocycles. The van der Waals surface area contributed by atoms with Crippen LogP contribution in [-0.2, 0) is 4.79 Å². The average molecular weight is 306 g/mol. The molecule has 0 saturated heterocycles. The third-order valence-corrected chi connectivity index (χ3v) is 2.57. The zero-order valence-corrected chi connectivity index (χ0v) is 11.2. The molecule has 0 amide bonds. The van der Waals surface area contributed by atoms with Crippen molar-refractivity contribution in [2.45, 2.75) is 6.10 Å². The second-order valence-electron chi connectivity index (χ2n) is 4.16. The Morgan fingerprint density at radius 2 is 1.45 bits per heavy atom. The van der Waals surface area contributed by atoms with Crippen LogP contribution in [0.25, 0.3) is 0 Å². The van der Waals surface area contributed by atoms with E-state index in [1.807, 2.05) is 0 Å². The van der Waals surface area contributed by atoms with E-state index in [-0.39, 0.29) is 11.3 Å². The first-order chi connectivity index (χ1) is 10.3. The highest BCUT2D eigenvalue weighted by Crippen LogP contribution is 2.24. The topological polar surface area (TPSA) is 135 Å². The first kappa shape index (κ1) is 17.0. The molecule has 0 aliphatic heterocycles. The molecular weight excluding hydrogens is 292 g/mol. The molecule has 1 atom stereocenters. The molecule has 0 heterocycles. The van der Waals surface area contributed by atoms with Gasteiger partial charge in [-0.15, -0.1) is 0 Å². The fourth-order valence-electron chi connectivity index (χ4n) is 1.43. The van der Waals surface area contributed by atoms with Crippen LogP contribution < -0.4 is 0 Å². The van der Waals surface area contributed by atoms with Gasteiger partial charge in [-0.05, 0) is 23.8 Å². The quantitative estimate of drug-likeness (QED) is 0.543. The van der Waals surface area contributed by atoms with Crippen molar-refractivity contribution in [2.75, 3.05) is 0 Å². The largest absolute Gasteiger partial charge is 0.504 e. The lowest BCUT2D eigenvalue weighted by Gasteiger charge is -2.03. The van der Waals surface area contributed by atoms with Gasteiger partial charge in [-0.25, -0.2) is 9.59 Å². The van der Waals surface area contributed by atoms with Crippen molar-refractivity contribution < 1.29 is 35.1 Å². The van der Waals surface area contributed by atoms with E-state index in [2.05, 4.69) is 0 Å². The normalized spacial score (nSPS) is 11.0. The molecule has 0 fully saturated rings. The number of aliphatic carboxylic acids is 1. The summed E-state index contributed by atoms with van der Waals surface area (Å²) in [7, 11) is 0. The summed E-state index contributed by atoms with van der Waals surface area (Å²) in [4.78, 5) is 20.5. The molecule has 22 heavy (non-hydrogen) atoms. The highest BCUT2D eigenvalue weighted by atomic mass is 16.4. The van der Waals surface area contributed by atoms with Gasteiger partial charge in [-0.1, -0.05) is 30.3 Å². The summed E-state index contributed by atoms with van der Waals surface area (Å²) in [5.41, 5.74) is 0.348. The van der Waals surface area contributed by atoms with Crippen molar-refractivity contribution in [1.29, 1.82) is 0 Å². The summed E-state index contributed by atoms with van der Waals surface area (Å²) in [5.74, 6) is -3.11. The number of aliphatic hydroxyl groups is 1. The zero-order valence-electron chi connectivity index (χ0n) is 11.2. The molecule has 0 radical (unpaired) electrons. The number of phenols is 2. The Morgan fingerprint density at radius 3 is 1.91 bits per heavy atom. The van der Waals surface area contributed by atoms with Gasteiger partial charge in [0.1, 0.15) is 0 Å². The van der Waals surface area contributed by atoms with Gasteiger partial charge in [0.15, 0.2) is 17.6 Å². The number of hydrogen-bond donors (Lipinski definition) is 5. The van der Waals surface area contributed by atoms with Crippen LogP contribution in [0.4, 0.5) is 0 Å². The SMILES string of the molecule is O=C(O)C(O)c1ccccc1.O=C(O)c1ccc(O)c(O)c1. The smallest absolute Gasteiger partial charge is 0.337 e. The molecule has 7 heteroatoms. The number of aliphatic hydroxyl groups excluding tert-OH is 1. The van der Waals surface area contributed by atoms with Crippen LogP contribution in [0.1, 0.15) is 22.0 Å². The maximum absolute atomic E-state index is 10.3. The molecule has 0 aliphatic carbocycles. The van der Waals surface area contributed by atoms with E-state index < -0.39 is 23.8 Å². The Hall–Kier alpha value is -3.06. The summed E-state index contributed by atoms with van der Waals surface area (Å²) in [5, 5.41) is 43.4. The number of phenolic OH excluding ortho intramolecular Hbond substituents is 2. The molecule has 2 aromatic carbocycles. The summed E-state index contributed by atoms with van der Waals surface area (Å²) in [6.07, 6.45) is -1.41. The number of carboxylic acid groups (broad SMARTS) is 2. The fraction of sp³-hybridized carbons (Fsp3) is 0.0667. The van der Waals surface area contributed by atoms with Crippen molar-refractivity contribution in [2.24, 2.45) is 0 Å². The van der Waals surface area contributed by atoms with Gasteiger partial charge in [-0.3, -0.25) is 0 Å². The second kappa shape index (κ2) is 7.65. The molecule has 0 aromatic heterocycles. The van der Waals surface area contributed by atoms with E-state index in [1.54, 1.807) is 30.3 Å². The number of hydrogen-bond acceptors (Lipinski definition) is 5. The number of carboxylic acids is 2. The van der Waals surface area contributed by atoms with Crippen molar-refractivity contribution in [3.63, 3.8) is 0 Å². The van der Waals surface area contributed by atoms with Crippen molar-refractivity contribution >= 4 is 11.9 Å². The van der Waals surface area contributed by atoms with E-state index >= 15 is 0 Å². The Kier molecular flexibility index (Phi) is 5.91. The first-order valence-electron chi connectivity index (χ1n) is 6.04. The second-order valence-corrected chi connectivity index (χ2v) is 4.16. The van der Waals surface area contributed by atoms with Crippen molar-refractivity contribution in [3.8, 4) is 11.5 Å². The number of rotatable bonds is 3. The highest BCUT2D eigenvalue weighted by molar-refractivity contribution is 5.88. The molecule has 2 aromatic rings. The molecule has 1 unspecified atom stereocenters. The molecular formula is C15H14O7. The fourth-order valence-corrected chi connectivity index (χ4v) is 1.43. The van der Waals surface area contributed by atoms with Gasteiger partial charge in [0, 0.05) is 0 Å². The number of benzene rings is 2. The number of aromatic hydroxyl groups is 2. The predicted octanol–water partition coefficient (Wildman–Crippen LogP) is 1.60. The minimum Gasteiger partial charge on any atom is -0.504 e. The van der Waals surface area contributed by atoms with Crippen molar-refractivity contribution in [3.05, 3.63) is 59.7 Å². The Labute approximate surface area is 125 Å². The van der Waals surface area contributed by atoms with Gasteiger partial charge >= 0.3 is 11.9 Å². The van der Waals surface area contributed by atoms with Gasteiger partial charge in [0.05, 0.1) is 5.56 Å². The summed E-state index contributed by atoms with van der Waals surface area (Å²) in [6, 6.07) is 11.6. The maximum atomic E-state index is 10.3. The Bertz CT molecular complexity index is 652. The van der Waals surface area contributed by atoms with Crippen molar-refractivity contribution in [1.82, 2.24) is 0 Å². The number of carbonyl (C=O) groups is 2. The average Bonchev–Trinajstić information content (AvgIpc) is 2.50. The van der Waals surface area contributed by atoms with Gasteiger partial charge < -0.3 is 25.5 Å². The monoisotopic (exact) mass is 306 g/mol. The third kappa shape index (κ3) is 4.80. The van der Waals surface area contributed by atoms with Crippen LogP contribution in [0, 0.1) is 0 Å². The van der Waals surface area contributed by atoms with Crippen LogP contribution in [0.5, 0.6) is 11.5 Å². The number of aromatic carboxylic acids is 1. The molecule has 0 aliphatic rings. The molecule has 5 N–H and O–H groups in total. The van der Waals surface area contributed by atoms with E-state index in [9.17, 15) is 9.59 Å². The van der Waals surface area contributed by atoms with Gasteiger partial charge in [0.2, 0.25) is 0 Å². The maximum Gasteiger partial charge on any atom is 0.337 e. The van der Waals surface area contributed by atoms with E-state index in [0.717, 1.165) is 12.1 Å². The minimum atomic E-state index is -1.41. The Balaban J connectivity index is 0.000000220. The van der Waals surface area contributed by atoms with Crippen LogP contribution in [-0.4, -0.2) is 37.5 Å². The van der Waals surface area contributed by atoms with Crippen LogP contribution in [0.3, 0.4) is 0 Å². The molecule has 0 spiro atoms. The van der Waals surface area contributed by atoms with E-state index in [1.165, 1.54) is 6.07 Å². The lowest BCUT2D eigenvalue weighted by molar-refractivity contribution is -0.146. The molecule has 116 valence electrons. The van der Waals surface area contributed by atoms with Crippen LogP contribution in [0.2, 0.25) is 0 Å². The third-order valence-electron chi connectivity index (χ3n) is 2.57. The summed E-state index contributed by atoms with van der Waals surface area (Å²) >= 11 is 0. The highest BCUT2D eigenvalue weighted by Gasteiger charge is 2.14. The molecule has 2 rings (SSSR count). The van der Waals surface area contributed by atoms with E-state index in [4.69, 9.17) is 25.5 Å². The molecule has 0 bridgehead atoms. The minimum absolute atomic E-state index is 0.0553. The lowest BCUT2D eigenvalue weighted by Crippen LogP contribution is -2.09. The Morgan fingerprint density at radius 1 is 0.864 bits per heavy atom. The standard InChI is InChI=1S/C8H8O3.C7H6O4/c9-7(8(10)11)6-4-2-1-3-5-6;8-5-2-1-4(7(10)11)3-6(5)9/h1-5,7,9H,(H,10,11);1-3,8-9H,(H,10,11). The summed E-state index contributed by atoms with van der Waals surface area (Å²) in [6.45, 7) is 0. The predicted molar refractivity (Wildman–Crippen MR) is 75.8 cm³/mol. The first-order valence-corrected chi connectivity index (χ1v) is 6.04. The van der Waals surface area contributed by atoms with E-state index in [0.29, 0.717) is 5.56 Å². The van der Waals surface area contributed by atoms with Crippen LogP contribution >= 0.6 is 0 Å². The van der Waals surface area contributed by atoms with Gasteiger partial charge in [0.25, 0.3) is 0 Å². The molecule has 7 nitrogen and oxygen atoms in total. The van der Waals surface area contributed by atoms with Gasteiger partial charge in [-0.2, -0.15) is 0 Å². The van der Waals surface area contributed by atoms with Crippen LogP contribution in [0.15, 0.2) is 48.5 Å². The zero-order chi connectivity index (χ0) is 16.7. The lowest BCUT2D eigenvalue weighted by atomic mass is 10.1.